The number of methoxy groups -OCH3 is 1. The molecule has 0 saturated carbocycles. The van der Waals surface area contributed by atoms with Crippen LogP contribution in [-0.4, -0.2) is 33.0 Å². The highest BCUT2D eigenvalue weighted by atomic mass is 32.2. The molecule has 0 atom stereocenters. The summed E-state index contributed by atoms with van der Waals surface area (Å²) in [5.74, 6) is 0.665. The molecule has 1 aromatic carbocycles. The summed E-state index contributed by atoms with van der Waals surface area (Å²) in [5, 5.41) is 3.74. The summed E-state index contributed by atoms with van der Waals surface area (Å²) in [6.07, 6.45) is 3.16. The van der Waals surface area contributed by atoms with Gasteiger partial charge in [-0.05, 0) is 30.2 Å². The molecule has 0 amide bonds. The Morgan fingerprint density at radius 2 is 2.15 bits per heavy atom. The molecule has 0 radical (unpaired) electrons. The predicted molar refractivity (Wildman–Crippen MR) is 76.2 cm³/mol. The van der Waals surface area contributed by atoms with Gasteiger partial charge >= 0.3 is 0 Å². The average Bonchev–Trinajstić information content (AvgIpc) is 2.75. The highest BCUT2D eigenvalue weighted by Crippen LogP contribution is 2.26. The van der Waals surface area contributed by atoms with E-state index in [2.05, 4.69) is 10.0 Å². The van der Waals surface area contributed by atoms with Gasteiger partial charge < -0.3 is 4.74 Å². The van der Waals surface area contributed by atoms with Gasteiger partial charge in [-0.25, -0.2) is 17.8 Å². The van der Waals surface area contributed by atoms with Crippen molar-refractivity contribution in [1.82, 2.24) is 9.40 Å². The van der Waals surface area contributed by atoms with Gasteiger partial charge in [-0.15, -0.1) is 4.91 Å². The summed E-state index contributed by atoms with van der Waals surface area (Å²) in [6, 6.07) is 5.28. The number of ether oxygens (including phenoxy) is 1. The van der Waals surface area contributed by atoms with Crippen LogP contribution < -0.4 is 9.46 Å². The maximum atomic E-state index is 11.0. The number of sulfonamides is 1. The van der Waals surface area contributed by atoms with E-state index < -0.39 is 10.0 Å². The minimum atomic E-state index is -3.23. The molecule has 2 aromatic rings. The SMILES string of the molecule is COc1ccc2c(c1)c(CCNS(C)(=O)=O)cn2N=O. The minimum Gasteiger partial charge on any atom is -0.497 e. The molecule has 1 aromatic heterocycles. The van der Waals surface area contributed by atoms with Gasteiger partial charge in [-0.2, -0.15) is 0 Å². The van der Waals surface area contributed by atoms with Gasteiger partial charge in [0.25, 0.3) is 0 Å². The van der Waals surface area contributed by atoms with Crippen molar-refractivity contribution < 1.29 is 13.2 Å². The summed E-state index contributed by atoms with van der Waals surface area (Å²) in [5.41, 5.74) is 1.49. The van der Waals surface area contributed by atoms with Crippen molar-refractivity contribution in [3.8, 4) is 5.75 Å². The van der Waals surface area contributed by atoms with Crippen LogP contribution in [0.15, 0.2) is 29.7 Å². The number of benzene rings is 1. The molecule has 0 fully saturated rings. The molecule has 0 spiro atoms. The molecular weight excluding hydrogens is 282 g/mol. The first-order valence-corrected chi connectivity index (χ1v) is 7.80. The number of hydrogen-bond acceptors (Lipinski definition) is 5. The molecular formula is C12H15N3O4S. The molecule has 8 heteroatoms. The molecule has 0 bridgehead atoms. The van der Waals surface area contributed by atoms with Crippen molar-refractivity contribution in [2.45, 2.75) is 6.42 Å². The van der Waals surface area contributed by atoms with E-state index >= 15 is 0 Å². The van der Waals surface area contributed by atoms with Crippen LogP contribution in [0.5, 0.6) is 5.75 Å². The zero-order chi connectivity index (χ0) is 14.8. The second-order valence-corrected chi connectivity index (χ2v) is 6.21. The molecule has 0 aliphatic rings. The van der Waals surface area contributed by atoms with Crippen molar-refractivity contribution in [2.24, 2.45) is 5.29 Å². The molecule has 2 rings (SSSR count). The Labute approximate surface area is 116 Å². The van der Waals surface area contributed by atoms with Crippen LogP contribution in [0.4, 0.5) is 0 Å². The van der Waals surface area contributed by atoms with E-state index in [0.29, 0.717) is 17.7 Å². The standard InChI is InChI=1S/C12H15N3O4S/c1-19-10-3-4-12-11(7-10)9(8-15(12)14-16)5-6-13-20(2,17)18/h3-4,7-8,13H,5-6H2,1-2H3. The van der Waals surface area contributed by atoms with Crippen LogP contribution in [0.25, 0.3) is 10.9 Å². The molecule has 0 saturated heterocycles. The molecule has 7 nitrogen and oxygen atoms in total. The third-order valence-electron chi connectivity index (χ3n) is 2.92. The van der Waals surface area contributed by atoms with E-state index in [1.165, 1.54) is 4.68 Å². The number of fused-ring (bicyclic) bond motifs is 1. The van der Waals surface area contributed by atoms with Crippen LogP contribution in [0.1, 0.15) is 5.56 Å². The van der Waals surface area contributed by atoms with Crippen molar-refractivity contribution in [3.05, 3.63) is 34.9 Å². The normalized spacial score (nSPS) is 11.7. The van der Waals surface area contributed by atoms with Crippen LogP contribution in [0.2, 0.25) is 0 Å². The summed E-state index contributed by atoms with van der Waals surface area (Å²) in [6.45, 7) is 0.258. The number of rotatable bonds is 6. The summed E-state index contributed by atoms with van der Waals surface area (Å²) >= 11 is 0. The van der Waals surface area contributed by atoms with Crippen molar-refractivity contribution in [3.63, 3.8) is 0 Å². The lowest BCUT2D eigenvalue weighted by Gasteiger charge is -2.03. The second-order valence-electron chi connectivity index (χ2n) is 4.38. The monoisotopic (exact) mass is 297 g/mol. The Morgan fingerprint density at radius 1 is 1.40 bits per heavy atom. The van der Waals surface area contributed by atoms with E-state index in [0.717, 1.165) is 17.2 Å². The van der Waals surface area contributed by atoms with Crippen LogP contribution in [-0.2, 0) is 16.4 Å². The largest absolute Gasteiger partial charge is 0.497 e. The minimum absolute atomic E-state index is 0.258. The Bertz CT molecular complexity index is 736. The van der Waals surface area contributed by atoms with Crippen molar-refractivity contribution in [2.75, 3.05) is 19.9 Å². The number of nitrogens with zero attached hydrogens (tertiary/aromatic N) is 2. The first kappa shape index (κ1) is 14.5. The van der Waals surface area contributed by atoms with Gasteiger partial charge in [0.2, 0.25) is 10.0 Å². The van der Waals surface area contributed by atoms with Crippen LogP contribution in [0, 0.1) is 4.91 Å². The van der Waals surface area contributed by atoms with Crippen LogP contribution >= 0.6 is 0 Å². The highest BCUT2D eigenvalue weighted by molar-refractivity contribution is 7.88. The van der Waals surface area contributed by atoms with Gasteiger partial charge in [-0.1, -0.05) is 0 Å². The van der Waals surface area contributed by atoms with Crippen molar-refractivity contribution in [1.29, 1.82) is 0 Å². The Balaban J connectivity index is 2.34. The van der Waals surface area contributed by atoms with E-state index in [-0.39, 0.29) is 6.54 Å². The number of nitroso groups, excluding NO2 is 1. The van der Waals surface area contributed by atoms with E-state index in [1.807, 2.05) is 0 Å². The van der Waals surface area contributed by atoms with E-state index in [4.69, 9.17) is 4.74 Å². The van der Waals surface area contributed by atoms with E-state index in [1.54, 1.807) is 31.5 Å². The molecule has 108 valence electrons. The third kappa shape index (κ3) is 3.14. The zero-order valence-electron chi connectivity index (χ0n) is 11.2. The summed E-state index contributed by atoms with van der Waals surface area (Å²) in [4.78, 5) is 10.8. The Kier molecular flexibility index (Phi) is 4.05. The smallest absolute Gasteiger partial charge is 0.208 e. The first-order chi connectivity index (χ1) is 9.44. The lowest BCUT2D eigenvalue weighted by molar-refractivity contribution is 0.415. The molecule has 0 aliphatic carbocycles. The maximum Gasteiger partial charge on any atom is 0.208 e. The number of aromatic nitrogens is 1. The fourth-order valence-electron chi connectivity index (χ4n) is 2.02. The number of nitrogens with one attached hydrogen (secondary N) is 1. The van der Waals surface area contributed by atoms with Gasteiger partial charge in [0.15, 0.2) is 0 Å². The third-order valence-corrected chi connectivity index (χ3v) is 3.65. The summed E-state index contributed by atoms with van der Waals surface area (Å²) in [7, 11) is -1.67. The Morgan fingerprint density at radius 3 is 2.75 bits per heavy atom. The fraction of sp³-hybridized carbons (Fsp3) is 0.333. The zero-order valence-corrected chi connectivity index (χ0v) is 12.0. The van der Waals surface area contributed by atoms with Crippen LogP contribution in [0.3, 0.4) is 0 Å². The lowest BCUT2D eigenvalue weighted by Crippen LogP contribution is -2.24. The lowest BCUT2D eigenvalue weighted by atomic mass is 10.1. The topological polar surface area (TPSA) is 89.8 Å². The molecule has 0 unspecified atom stereocenters. The van der Waals surface area contributed by atoms with Gasteiger partial charge in [-0.3, -0.25) is 0 Å². The first-order valence-electron chi connectivity index (χ1n) is 5.91. The quantitative estimate of drug-likeness (QED) is 0.813. The molecule has 1 N–H and O–H groups in total. The molecule has 1 heterocycles. The summed E-state index contributed by atoms with van der Waals surface area (Å²) < 4.78 is 30.9. The molecule has 20 heavy (non-hydrogen) atoms. The fourth-order valence-corrected chi connectivity index (χ4v) is 2.50. The van der Waals surface area contributed by atoms with Crippen molar-refractivity contribution >= 4 is 20.9 Å². The second kappa shape index (κ2) is 5.59. The van der Waals surface area contributed by atoms with Gasteiger partial charge in [0, 0.05) is 18.1 Å². The average molecular weight is 297 g/mol. The van der Waals surface area contributed by atoms with E-state index in [9.17, 15) is 13.3 Å². The number of hydrogen-bond donors (Lipinski definition) is 1. The Hall–Kier alpha value is -1.93. The van der Waals surface area contributed by atoms with Gasteiger partial charge in [0.05, 0.1) is 24.2 Å². The predicted octanol–water partition coefficient (Wildman–Crippen LogP) is 1.27. The molecule has 0 aliphatic heterocycles. The van der Waals surface area contributed by atoms with Gasteiger partial charge in [0.1, 0.15) is 5.75 Å². The highest BCUT2D eigenvalue weighted by Gasteiger charge is 2.11. The maximum absolute atomic E-state index is 11.0.